The number of ether oxygens (including phenoxy) is 1. The Kier molecular flexibility index (Phi) is 9.72. The van der Waals surface area contributed by atoms with Crippen molar-refractivity contribution in [2.45, 2.75) is 57.2 Å². The predicted octanol–water partition coefficient (Wildman–Crippen LogP) is 2.67. The SMILES string of the molecule is CC(NC(=O)c1ccc(S(=O)(=O)Oc2ccc(/C=C/[N+](=O)[O-])cc2)cc1)C(=O)NC(C)C(=O)OC(C)(C)C. The maximum atomic E-state index is 12.6. The minimum Gasteiger partial charge on any atom is -0.458 e. The predicted molar refractivity (Wildman–Crippen MR) is 137 cm³/mol. The largest absolute Gasteiger partial charge is 0.458 e. The standard InChI is InChI=1S/C25H29N3O9S/c1-16(22(29)27-17(2)24(31)36-25(3,4)5)26-23(30)19-8-12-21(13-9-19)38(34,35)37-20-10-6-18(7-11-20)14-15-28(32)33/h6-17H,1-5H3,(H,26,30)(H,27,29)/b15-14+. The van der Waals surface area contributed by atoms with E-state index in [9.17, 15) is 32.9 Å². The van der Waals surface area contributed by atoms with Gasteiger partial charge in [0, 0.05) is 11.6 Å². The van der Waals surface area contributed by atoms with Crippen LogP contribution in [0.1, 0.15) is 50.5 Å². The average molecular weight is 548 g/mol. The summed E-state index contributed by atoms with van der Waals surface area (Å²) in [6.07, 6.45) is 2.00. The van der Waals surface area contributed by atoms with Crippen molar-refractivity contribution in [3.8, 4) is 5.75 Å². The molecule has 2 unspecified atom stereocenters. The van der Waals surface area contributed by atoms with Gasteiger partial charge in [-0.1, -0.05) is 12.1 Å². The van der Waals surface area contributed by atoms with Crippen LogP contribution in [0.5, 0.6) is 5.75 Å². The molecule has 0 fully saturated rings. The third-order valence-electron chi connectivity index (χ3n) is 4.74. The van der Waals surface area contributed by atoms with E-state index in [0.29, 0.717) is 5.56 Å². The Balaban J connectivity index is 1.98. The Hall–Kier alpha value is -4.26. The van der Waals surface area contributed by atoms with E-state index in [1.54, 1.807) is 20.8 Å². The van der Waals surface area contributed by atoms with Crippen molar-refractivity contribution in [3.05, 3.63) is 76.0 Å². The number of carbonyl (C=O) groups is 3. The topological polar surface area (TPSA) is 171 Å². The molecule has 0 saturated heterocycles. The van der Waals surface area contributed by atoms with E-state index >= 15 is 0 Å². The molecule has 2 aromatic rings. The average Bonchev–Trinajstić information content (AvgIpc) is 2.82. The van der Waals surface area contributed by atoms with E-state index < -0.39 is 50.5 Å². The highest BCUT2D eigenvalue weighted by molar-refractivity contribution is 7.87. The normalized spacial score (nSPS) is 13.3. The van der Waals surface area contributed by atoms with Gasteiger partial charge in [-0.25, -0.2) is 4.79 Å². The highest BCUT2D eigenvalue weighted by Gasteiger charge is 2.26. The fourth-order valence-electron chi connectivity index (χ4n) is 2.86. The van der Waals surface area contributed by atoms with Crippen LogP contribution in [0, 0.1) is 10.1 Å². The van der Waals surface area contributed by atoms with E-state index in [1.807, 2.05) is 0 Å². The smallest absolute Gasteiger partial charge is 0.339 e. The summed E-state index contributed by atoms with van der Waals surface area (Å²) in [5, 5.41) is 15.3. The summed E-state index contributed by atoms with van der Waals surface area (Å²) in [6.45, 7) is 7.99. The summed E-state index contributed by atoms with van der Waals surface area (Å²) in [7, 11) is -4.23. The molecule has 0 heterocycles. The molecule has 0 aliphatic carbocycles. The Bertz CT molecular complexity index is 1310. The number of carbonyl (C=O) groups excluding carboxylic acids is 3. The number of amides is 2. The van der Waals surface area contributed by atoms with Gasteiger partial charge in [0.1, 0.15) is 28.3 Å². The highest BCUT2D eigenvalue weighted by Crippen LogP contribution is 2.20. The number of nitro groups is 1. The van der Waals surface area contributed by atoms with Crippen molar-refractivity contribution in [1.29, 1.82) is 0 Å². The number of hydrogen-bond acceptors (Lipinski definition) is 9. The first-order valence-electron chi connectivity index (χ1n) is 11.4. The first-order valence-corrected chi connectivity index (χ1v) is 12.8. The molecule has 0 aliphatic heterocycles. The van der Waals surface area contributed by atoms with Crippen LogP contribution in [0.15, 0.2) is 59.6 Å². The van der Waals surface area contributed by atoms with Crippen molar-refractivity contribution in [2.75, 3.05) is 0 Å². The minimum absolute atomic E-state index is 0.00878. The number of nitrogens with one attached hydrogen (secondary N) is 2. The van der Waals surface area contributed by atoms with Gasteiger partial charge in [-0.2, -0.15) is 8.42 Å². The van der Waals surface area contributed by atoms with Crippen LogP contribution in [-0.2, 0) is 24.4 Å². The fourth-order valence-corrected chi connectivity index (χ4v) is 3.79. The van der Waals surface area contributed by atoms with Crippen molar-refractivity contribution in [3.63, 3.8) is 0 Å². The molecule has 2 amide bonds. The summed E-state index contributed by atoms with van der Waals surface area (Å²) in [5.74, 6) is -1.87. The van der Waals surface area contributed by atoms with Gasteiger partial charge in [-0.3, -0.25) is 19.7 Å². The molecule has 0 aliphatic rings. The van der Waals surface area contributed by atoms with Crippen LogP contribution in [0.2, 0.25) is 0 Å². The van der Waals surface area contributed by atoms with Crippen LogP contribution in [0.3, 0.4) is 0 Å². The minimum atomic E-state index is -4.23. The van der Waals surface area contributed by atoms with Crippen molar-refractivity contribution in [2.24, 2.45) is 0 Å². The van der Waals surface area contributed by atoms with Crippen LogP contribution in [0.4, 0.5) is 0 Å². The van der Waals surface area contributed by atoms with Crippen molar-refractivity contribution < 1.29 is 36.6 Å². The Labute approximate surface area is 220 Å². The van der Waals surface area contributed by atoms with Crippen molar-refractivity contribution in [1.82, 2.24) is 10.6 Å². The summed E-state index contributed by atoms with van der Waals surface area (Å²) in [5.41, 5.74) is -0.154. The van der Waals surface area contributed by atoms with Crippen molar-refractivity contribution >= 4 is 34.0 Å². The quantitative estimate of drug-likeness (QED) is 0.196. The van der Waals surface area contributed by atoms with Crippen LogP contribution < -0.4 is 14.8 Å². The Morgan fingerprint density at radius 2 is 1.53 bits per heavy atom. The Morgan fingerprint density at radius 1 is 0.947 bits per heavy atom. The second-order valence-corrected chi connectivity index (χ2v) is 10.7. The lowest BCUT2D eigenvalue weighted by Crippen LogP contribution is -2.50. The van der Waals surface area contributed by atoms with Gasteiger partial charge in [-0.05, 0) is 76.6 Å². The molecule has 204 valence electrons. The number of nitrogens with zero attached hydrogens (tertiary/aromatic N) is 1. The molecule has 0 bridgehead atoms. The van der Waals surface area contributed by atoms with E-state index in [0.717, 1.165) is 6.20 Å². The molecule has 12 nitrogen and oxygen atoms in total. The molecule has 0 aromatic heterocycles. The van der Waals surface area contributed by atoms with Gasteiger partial charge in [0.25, 0.3) is 5.91 Å². The second kappa shape index (κ2) is 12.3. The lowest BCUT2D eigenvalue weighted by atomic mass is 10.2. The zero-order chi connectivity index (χ0) is 28.7. The highest BCUT2D eigenvalue weighted by atomic mass is 32.2. The van der Waals surface area contributed by atoms with Gasteiger partial charge in [0.05, 0.1) is 4.92 Å². The summed E-state index contributed by atoms with van der Waals surface area (Å²) in [4.78, 5) is 46.5. The number of benzene rings is 2. The molecular formula is C25H29N3O9S. The maximum Gasteiger partial charge on any atom is 0.339 e. The molecule has 0 radical (unpaired) electrons. The van der Waals surface area contributed by atoms with Gasteiger partial charge >= 0.3 is 16.1 Å². The van der Waals surface area contributed by atoms with Gasteiger partial charge in [-0.15, -0.1) is 0 Å². The molecule has 0 spiro atoms. The fraction of sp³-hybridized carbons (Fsp3) is 0.320. The molecular weight excluding hydrogens is 518 g/mol. The first kappa shape index (κ1) is 30.0. The second-order valence-electron chi connectivity index (χ2n) is 9.19. The number of rotatable bonds is 10. The number of esters is 1. The van der Waals surface area contributed by atoms with Crippen LogP contribution >= 0.6 is 0 Å². The van der Waals surface area contributed by atoms with E-state index in [-0.39, 0.29) is 16.2 Å². The Morgan fingerprint density at radius 3 is 2.05 bits per heavy atom. The third kappa shape index (κ3) is 9.32. The first-order chi connectivity index (χ1) is 17.6. The summed E-state index contributed by atoms with van der Waals surface area (Å²) < 4.78 is 35.4. The lowest BCUT2D eigenvalue weighted by molar-refractivity contribution is -0.400. The monoisotopic (exact) mass is 547 g/mol. The van der Waals surface area contributed by atoms with Crippen LogP contribution in [-0.4, -0.2) is 48.8 Å². The maximum absolute atomic E-state index is 12.6. The van der Waals surface area contributed by atoms with E-state index in [2.05, 4.69) is 10.6 Å². The molecule has 13 heteroatoms. The summed E-state index contributed by atoms with van der Waals surface area (Å²) >= 11 is 0. The van der Waals surface area contributed by atoms with Gasteiger partial charge < -0.3 is 19.6 Å². The van der Waals surface area contributed by atoms with Gasteiger partial charge in [0.15, 0.2) is 0 Å². The van der Waals surface area contributed by atoms with Crippen LogP contribution in [0.25, 0.3) is 6.08 Å². The lowest BCUT2D eigenvalue weighted by Gasteiger charge is -2.23. The molecule has 2 N–H and O–H groups in total. The number of hydrogen-bond donors (Lipinski definition) is 2. The molecule has 2 aromatic carbocycles. The van der Waals surface area contributed by atoms with E-state index in [1.165, 1.54) is 68.5 Å². The summed E-state index contributed by atoms with van der Waals surface area (Å²) in [6, 6.07) is 8.51. The van der Waals surface area contributed by atoms with Gasteiger partial charge in [0.2, 0.25) is 12.1 Å². The molecule has 2 atom stereocenters. The molecule has 0 saturated carbocycles. The molecule has 2 rings (SSSR count). The van der Waals surface area contributed by atoms with E-state index in [4.69, 9.17) is 8.92 Å². The zero-order valence-corrected chi connectivity index (χ0v) is 22.3. The zero-order valence-electron chi connectivity index (χ0n) is 21.5. The third-order valence-corrected chi connectivity index (χ3v) is 6.00. The molecule has 38 heavy (non-hydrogen) atoms.